The number of hydrazine groups is 1. The third-order valence-electron chi connectivity index (χ3n) is 3.53. The molecule has 0 aliphatic heterocycles. The van der Waals surface area contributed by atoms with Crippen LogP contribution in [0.25, 0.3) is 5.69 Å². The van der Waals surface area contributed by atoms with E-state index in [0.29, 0.717) is 11.3 Å². The van der Waals surface area contributed by atoms with Crippen LogP contribution < -0.4 is 10.9 Å². The van der Waals surface area contributed by atoms with Crippen molar-refractivity contribution in [2.45, 2.75) is 0 Å². The summed E-state index contributed by atoms with van der Waals surface area (Å²) in [6.07, 6.45) is 3.65. The van der Waals surface area contributed by atoms with Crippen molar-refractivity contribution < 1.29 is 14.7 Å². The lowest BCUT2D eigenvalue weighted by Gasteiger charge is -2.12. The molecule has 0 saturated carbocycles. The van der Waals surface area contributed by atoms with E-state index in [0.717, 1.165) is 0 Å². The van der Waals surface area contributed by atoms with Crippen molar-refractivity contribution >= 4 is 23.4 Å². The lowest BCUT2D eigenvalue weighted by molar-refractivity contribution is 0.0846. The number of nitrogens with zero attached hydrogens (tertiary/aromatic N) is 1. The minimum Gasteiger partial charge on any atom is -0.506 e. The summed E-state index contributed by atoms with van der Waals surface area (Å²) in [6.45, 7) is 0. The van der Waals surface area contributed by atoms with Crippen LogP contribution in [0.3, 0.4) is 0 Å². The summed E-state index contributed by atoms with van der Waals surface area (Å²) < 4.78 is 1.80. The zero-order valence-electron chi connectivity index (χ0n) is 12.9. The van der Waals surface area contributed by atoms with E-state index in [1.165, 1.54) is 18.2 Å². The number of carbonyl (C=O) groups excluding carboxylic acids is 2. The van der Waals surface area contributed by atoms with Crippen molar-refractivity contribution in [1.29, 1.82) is 0 Å². The minimum absolute atomic E-state index is 0.0527. The molecule has 2 aromatic carbocycles. The van der Waals surface area contributed by atoms with E-state index < -0.39 is 11.8 Å². The van der Waals surface area contributed by atoms with Crippen molar-refractivity contribution in [1.82, 2.24) is 15.4 Å². The number of phenolic OH excluding ortho intramolecular Hbond substituents is 1. The number of benzene rings is 2. The average Bonchev–Trinajstić information content (AvgIpc) is 3.16. The Morgan fingerprint density at radius 1 is 0.920 bits per heavy atom. The molecule has 0 fully saturated rings. The monoisotopic (exact) mass is 355 g/mol. The molecule has 0 aliphatic rings. The maximum absolute atomic E-state index is 12.4. The van der Waals surface area contributed by atoms with Crippen LogP contribution in [0.1, 0.15) is 20.7 Å². The fourth-order valence-corrected chi connectivity index (χ4v) is 2.47. The molecule has 3 rings (SSSR count). The van der Waals surface area contributed by atoms with Gasteiger partial charge in [-0.15, -0.1) is 0 Å². The Kier molecular flexibility index (Phi) is 4.72. The summed E-state index contributed by atoms with van der Waals surface area (Å²) >= 11 is 5.77. The summed E-state index contributed by atoms with van der Waals surface area (Å²) in [5, 5.41) is 9.43. The van der Waals surface area contributed by atoms with Gasteiger partial charge in [0, 0.05) is 18.0 Å². The van der Waals surface area contributed by atoms with Crippen molar-refractivity contribution in [3.63, 3.8) is 0 Å². The largest absolute Gasteiger partial charge is 0.506 e. The number of aromatic hydroxyl groups is 1. The topological polar surface area (TPSA) is 83.4 Å². The van der Waals surface area contributed by atoms with E-state index in [-0.39, 0.29) is 16.3 Å². The van der Waals surface area contributed by atoms with Gasteiger partial charge in [0.1, 0.15) is 5.75 Å². The average molecular weight is 356 g/mol. The first-order valence-electron chi connectivity index (χ1n) is 7.38. The Hall–Kier alpha value is -3.25. The first-order chi connectivity index (χ1) is 12.1. The van der Waals surface area contributed by atoms with E-state index in [1.807, 2.05) is 30.6 Å². The van der Waals surface area contributed by atoms with Crippen molar-refractivity contribution in [3.8, 4) is 11.4 Å². The summed E-state index contributed by atoms with van der Waals surface area (Å²) in [6, 6.07) is 14.7. The number of amides is 2. The van der Waals surface area contributed by atoms with Gasteiger partial charge in [0.05, 0.1) is 16.3 Å². The number of phenols is 1. The van der Waals surface area contributed by atoms with Crippen LogP contribution in [0.4, 0.5) is 0 Å². The third-order valence-corrected chi connectivity index (χ3v) is 3.83. The van der Waals surface area contributed by atoms with E-state index in [1.54, 1.807) is 22.8 Å². The molecule has 126 valence electrons. The number of para-hydroxylation sites is 1. The summed E-state index contributed by atoms with van der Waals surface area (Å²) in [4.78, 5) is 24.5. The molecule has 0 aliphatic carbocycles. The van der Waals surface area contributed by atoms with Gasteiger partial charge in [-0.25, -0.2) is 0 Å². The molecular weight excluding hydrogens is 342 g/mol. The van der Waals surface area contributed by atoms with Gasteiger partial charge in [0.2, 0.25) is 0 Å². The Morgan fingerprint density at radius 3 is 2.32 bits per heavy atom. The maximum atomic E-state index is 12.4. The molecule has 0 spiro atoms. The second-order valence-electron chi connectivity index (χ2n) is 5.18. The predicted molar refractivity (Wildman–Crippen MR) is 93.8 cm³/mol. The first-order valence-corrected chi connectivity index (χ1v) is 7.75. The van der Waals surface area contributed by atoms with Crippen LogP contribution in [-0.2, 0) is 0 Å². The molecule has 2 amide bonds. The lowest BCUT2D eigenvalue weighted by Crippen LogP contribution is -2.41. The second-order valence-corrected chi connectivity index (χ2v) is 5.59. The normalized spacial score (nSPS) is 10.3. The molecule has 6 nitrogen and oxygen atoms in total. The van der Waals surface area contributed by atoms with Gasteiger partial charge >= 0.3 is 0 Å². The number of aromatic nitrogens is 1. The number of hydrogen-bond acceptors (Lipinski definition) is 3. The number of nitrogens with one attached hydrogen (secondary N) is 2. The van der Waals surface area contributed by atoms with Gasteiger partial charge < -0.3 is 9.67 Å². The Balaban J connectivity index is 1.73. The summed E-state index contributed by atoms with van der Waals surface area (Å²) in [5.41, 5.74) is 6.01. The Morgan fingerprint density at radius 2 is 1.60 bits per heavy atom. The van der Waals surface area contributed by atoms with Crippen molar-refractivity contribution in [3.05, 3.63) is 83.1 Å². The molecular formula is C18H14ClN3O3. The second kappa shape index (κ2) is 7.11. The highest BCUT2D eigenvalue weighted by molar-refractivity contribution is 6.32. The number of carbonyl (C=O) groups is 2. The van der Waals surface area contributed by atoms with Crippen LogP contribution in [-0.4, -0.2) is 21.5 Å². The van der Waals surface area contributed by atoms with Crippen LogP contribution in [0.15, 0.2) is 67.0 Å². The third kappa shape index (κ3) is 3.64. The van der Waals surface area contributed by atoms with Crippen LogP contribution >= 0.6 is 11.6 Å². The molecule has 3 N–H and O–H groups in total. The molecule has 0 saturated heterocycles. The molecule has 25 heavy (non-hydrogen) atoms. The fraction of sp³-hybridized carbons (Fsp3) is 0. The SMILES string of the molecule is O=C(NNC(=O)c1ccccc1-n1cccc1)c1ccc(O)c(Cl)c1. The van der Waals surface area contributed by atoms with E-state index in [2.05, 4.69) is 10.9 Å². The highest BCUT2D eigenvalue weighted by Crippen LogP contribution is 2.23. The number of hydrogen-bond donors (Lipinski definition) is 3. The van der Waals surface area contributed by atoms with E-state index >= 15 is 0 Å². The molecule has 0 unspecified atom stereocenters. The first kappa shape index (κ1) is 16.6. The summed E-state index contributed by atoms with van der Waals surface area (Å²) in [7, 11) is 0. The zero-order valence-corrected chi connectivity index (χ0v) is 13.7. The molecule has 3 aromatic rings. The minimum atomic E-state index is -0.548. The van der Waals surface area contributed by atoms with Crippen LogP contribution in [0.2, 0.25) is 5.02 Å². The van der Waals surface area contributed by atoms with Gasteiger partial charge in [0.25, 0.3) is 11.8 Å². The van der Waals surface area contributed by atoms with E-state index in [9.17, 15) is 14.7 Å². The molecule has 0 atom stereocenters. The molecule has 1 heterocycles. The van der Waals surface area contributed by atoms with Crippen LogP contribution in [0, 0.1) is 0 Å². The van der Waals surface area contributed by atoms with Gasteiger partial charge in [-0.3, -0.25) is 20.4 Å². The number of halogens is 1. The van der Waals surface area contributed by atoms with Gasteiger partial charge in [0.15, 0.2) is 0 Å². The highest BCUT2D eigenvalue weighted by Gasteiger charge is 2.14. The van der Waals surface area contributed by atoms with Gasteiger partial charge in [-0.05, 0) is 42.5 Å². The Labute approximate surface area is 148 Å². The van der Waals surface area contributed by atoms with Crippen molar-refractivity contribution in [2.24, 2.45) is 0 Å². The maximum Gasteiger partial charge on any atom is 0.271 e. The molecule has 1 aromatic heterocycles. The lowest BCUT2D eigenvalue weighted by atomic mass is 10.1. The van der Waals surface area contributed by atoms with E-state index in [4.69, 9.17) is 11.6 Å². The van der Waals surface area contributed by atoms with Gasteiger partial charge in [-0.2, -0.15) is 0 Å². The predicted octanol–water partition coefficient (Wildman–Crippen LogP) is 2.91. The summed E-state index contributed by atoms with van der Waals surface area (Å²) in [5.74, 6) is -1.13. The molecule has 7 heteroatoms. The smallest absolute Gasteiger partial charge is 0.271 e. The Bertz CT molecular complexity index is 923. The van der Waals surface area contributed by atoms with Gasteiger partial charge in [-0.1, -0.05) is 23.7 Å². The standard InChI is InChI=1S/C18H14ClN3O3/c19-14-11-12(7-8-16(14)23)17(24)20-21-18(25)13-5-1-2-6-15(13)22-9-3-4-10-22/h1-11,23H,(H,20,24)(H,21,25). The van der Waals surface area contributed by atoms with Crippen molar-refractivity contribution in [2.75, 3.05) is 0 Å². The zero-order chi connectivity index (χ0) is 17.8. The quantitative estimate of drug-likeness (QED) is 0.632. The molecule has 0 bridgehead atoms. The van der Waals surface area contributed by atoms with Crippen LogP contribution in [0.5, 0.6) is 5.75 Å². The molecule has 0 radical (unpaired) electrons. The number of rotatable bonds is 3. The fourth-order valence-electron chi connectivity index (χ4n) is 2.29. The highest BCUT2D eigenvalue weighted by atomic mass is 35.5.